The molecule has 4 rings (SSSR count). The highest BCUT2D eigenvalue weighted by molar-refractivity contribution is 5.53. The number of nitrogens with zero attached hydrogens (tertiary/aromatic N) is 1. The van der Waals surface area contributed by atoms with Crippen molar-refractivity contribution in [1.29, 1.82) is 0 Å². The fraction of sp³-hybridized carbons (Fsp3) is 0.478. The minimum absolute atomic E-state index is 0.584. The van der Waals surface area contributed by atoms with Crippen molar-refractivity contribution < 1.29 is 9.47 Å². The lowest BCUT2D eigenvalue weighted by molar-refractivity contribution is 0.307. The molecule has 1 aliphatic heterocycles. The lowest BCUT2D eigenvalue weighted by Gasteiger charge is -2.30. The Bertz CT molecular complexity index is 743. The van der Waals surface area contributed by atoms with Crippen LogP contribution in [0.4, 0.5) is 0 Å². The molecule has 2 aromatic rings. The molecular weight excluding hydrogens is 322 g/mol. The van der Waals surface area contributed by atoms with E-state index in [9.17, 15) is 0 Å². The second-order valence-corrected chi connectivity index (χ2v) is 7.50. The molecule has 0 spiro atoms. The number of ether oxygens (including phenoxy) is 2. The van der Waals surface area contributed by atoms with Crippen LogP contribution in [0.25, 0.3) is 0 Å². The third kappa shape index (κ3) is 3.33. The van der Waals surface area contributed by atoms with Gasteiger partial charge in [0.25, 0.3) is 0 Å². The summed E-state index contributed by atoms with van der Waals surface area (Å²) in [4.78, 5) is 2.58. The summed E-state index contributed by atoms with van der Waals surface area (Å²) in [5.41, 5.74) is 4.12. The maximum atomic E-state index is 6.31. The number of hydrogen-bond acceptors (Lipinski definition) is 3. The quantitative estimate of drug-likeness (QED) is 0.774. The van der Waals surface area contributed by atoms with Crippen LogP contribution in [0, 0.1) is 5.92 Å². The molecule has 2 aromatic carbocycles. The van der Waals surface area contributed by atoms with E-state index in [1.165, 1.54) is 29.7 Å². The molecule has 0 amide bonds. The number of likely N-dealkylation sites (tertiary alicyclic amines) is 1. The number of likely N-dealkylation sites (N-methyl/N-ethyl adjacent to an activating group) is 1. The van der Waals surface area contributed by atoms with Crippen molar-refractivity contribution in [3.05, 3.63) is 59.2 Å². The molecule has 3 heteroatoms. The first-order chi connectivity index (χ1) is 12.8. The minimum Gasteiger partial charge on any atom is -0.496 e. The van der Waals surface area contributed by atoms with Gasteiger partial charge in [-0.25, -0.2) is 0 Å². The van der Waals surface area contributed by atoms with Gasteiger partial charge in [-0.3, -0.25) is 0 Å². The van der Waals surface area contributed by atoms with E-state index in [1.54, 1.807) is 7.11 Å². The van der Waals surface area contributed by atoms with Crippen LogP contribution < -0.4 is 9.47 Å². The molecule has 138 valence electrons. The topological polar surface area (TPSA) is 21.7 Å². The fourth-order valence-electron chi connectivity index (χ4n) is 4.70. The highest BCUT2D eigenvalue weighted by Crippen LogP contribution is 2.48. The lowest BCUT2D eigenvalue weighted by Crippen LogP contribution is -2.21. The number of benzene rings is 2. The Morgan fingerprint density at radius 2 is 1.85 bits per heavy atom. The van der Waals surface area contributed by atoms with Gasteiger partial charge < -0.3 is 14.4 Å². The molecule has 1 saturated heterocycles. The predicted octanol–water partition coefficient (Wildman–Crippen LogP) is 4.30. The van der Waals surface area contributed by atoms with Gasteiger partial charge in [0.05, 0.1) is 13.7 Å². The van der Waals surface area contributed by atoms with Gasteiger partial charge in [-0.05, 0) is 43.0 Å². The molecule has 1 heterocycles. The summed E-state index contributed by atoms with van der Waals surface area (Å²) in [7, 11) is 1.78. The van der Waals surface area contributed by atoms with Crippen molar-refractivity contribution >= 4 is 0 Å². The highest BCUT2D eigenvalue weighted by Gasteiger charge is 2.39. The number of rotatable bonds is 6. The molecule has 26 heavy (non-hydrogen) atoms. The molecule has 0 saturated carbocycles. The average Bonchev–Trinajstić information content (AvgIpc) is 3.12. The first-order valence-electron chi connectivity index (χ1n) is 9.89. The predicted molar refractivity (Wildman–Crippen MR) is 105 cm³/mol. The van der Waals surface area contributed by atoms with E-state index in [4.69, 9.17) is 9.47 Å². The number of hydrogen-bond donors (Lipinski definition) is 0. The summed E-state index contributed by atoms with van der Waals surface area (Å²) in [6.45, 7) is 6.49. The molecular formula is C23H29NO2. The third-order valence-electron chi connectivity index (χ3n) is 6.08. The van der Waals surface area contributed by atoms with E-state index in [2.05, 4.69) is 54.3 Å². The maximum absolute atomic E-state index is 6.31. The van der Waals surface area contributed by atoms with E-state index in [0.29, 0.717) is 5.92 Å². The van der Waals surface area contributed by atoms with Crippen LogP contribution in [0.5, 0.6) is 11.5 Å². The minimum atomic E-state index is 0.584. The van der Waals surface area contributed by atoms with Crippen molar-refractivity contribution in [3.63, 3.8) is 0 Å². The summed E-state index contributed by atoms with van der Waals surface area (Å²) in [5.74, 6) is 3.44. The lowest BCUT2D eigenvalue weighted by atomic mass is 9.76. The van der Waals surface area contributed by atoms with Crippen LogP contribution in [0.3, 0.4) is 0 Å². The summed E-state index contributed by atoms with van der Waals surface area (Å²) in [6.07, 6.45) is 3.31. The number of methoxy groups -OCH3 is 1. The smallest absolute Gasteiger partial charge is 0.123 e. The first-order valence-corrected chi connectivity index (χ1v) is 9.89. The zero-order valence-electron chi connectivity index (χ0n) is 15.9. The summed E-state index contributed by atoms with van der Waals surface area (Å²) in [6, 6.07) is 14.8. The van der Waals surface area contributed by atoms with Gasteiger partial charge in [0.2, 0.25) is 0 Å². The number of fused-ring (bicyclic) bond motifs is 3. The van der Waals surface area contributed by atoms with E-state index in [1.807, 2.05) is 0 Å². The third-order valence-corrected chi connectivity index (χ3v) is 6.08. The molecule has 2 unspecified atom stereocenters. The Hall–Kier alpha value is -2.00. The van der Waals surface area contributed by atoms with Crippen molar-refractivity contribution in [2.75, 3.05) is 33.4 Å². The summed E-state index contributed by atoms with van der Waals surface area (Å²) < 4.78 is 12.0. The van der Waals surface area contributed by atoms with Gasteiger partial charge >= 0.3 is 0 Å². The second-order valence-electron chi connectivity index (χ2n) is 7.50. The Balaban J connectivity index is 1.57. The van der Waals surface area contributed by atoms with Crippen molar-refractivity contribution in [2.45, 2.75) is 32.1 Å². The van der Waals surface area contributed by atoms with Crippen LogP contribution >= 0.6 is 0 Å². The van der Waals surface area contributed by atoms with Gasteiger partial charge in [-0.1, -0.05) is 37.3 Å². The van der Waals surface area contributed by atoms with E-state index in [-0.39, 0.29) is 0 Å². The molecule has 0 radical (unpaired) electrons. The largest absolute Gasteiger partial charge is 0.496 e. The Labute approximate surface area is 156 Å². The molecule has 0 bridgehead atoms. The summed E-state index contributed by atoms with van der Waals surface area (Å²) in [5, 5.41) is 0. The van der Waals surface area contributed by atoms with E-state index in [0.717, 1.165) is 50.0 Å². The Kier molecular flexibility index (Phi) is 5.16. The average molecular weight is 351 g/mol. The van der Waals surface area contributed by atoms with Crippen LogP contribution in [-0.4, -0.2) is 38.3 Å². The van der Waals surface area contributed by atoms with Crippen molar-refractivity contribution in [3.8, 4) is 11.5 Å². The van der Waals surface area contributed by atoms with Crippen LogP contribution in [0.2, 0.25) is 0 Å². The van der Waals surface area contributed by atoms with E-state index < -0.39 is 0 Å². The van der Waals surface area contributed by atoms with Gasteiger partial charge in [0.1, 0.15) is 11.5 Å². The van der Waals surface area contributed by atoms with E-state index >= 15 is 0 Å². The summed E-state index contributed by atoms with van der Waals surface area (Å²) >= 11 is 0. The highest BCUT2D eigenvalue weighted by atomic mass is 16.5. The van der Waals surface area contributed by atoms with Crippen LogP contribution in [0.15, 0.2) is 42.5 Å². The SMILES string of the molecule is CCN1CC2CCc3c(OC)ccc(OCCc4ccccc4)c3C2C1. The molecule has 1 aliphatic carbocycles. The second kappa shape index (κ2) is 7.71. The van der Waals surface area contributed by atoms with Crippen LogP contribution in [-0.2, 0) is 12.8 Å². The normalized spacial score (nSPS) is 21.9. The van der Waals surface area contributed by atoms with Crippen molar-refractivity contribution in [1.82, 2.24) is 4.90 Å². The van der Waals surface area contributed by atoms with Gasteiger partial charge in [-0.15, -0.1) is 0 Å². The van der Waals surface area contributed by atoms with Gasteiger partial charge in [-0.2, -0.15) is 0 Å². The molecule has 1 fully saturated rings. The zero-order valence-corrected chi connectivity index (χ0v) is 15.9. The molecule has 2 atom stereocenters. The van der Waals surface area contributed by atoms with Gasteiger partial charge in [0, 0.05) is 36.6 Å². The van der Waals surface area contributed by atoms with Crippen LogP contribution in [0.1, 0.15) is 36.0 Å². The monoisotopic (exact) mass is 351 g/mol. The Morgan fingerprint density at radius 3 is 2.62 bits per heavy atom. The molecule has 2 aliphatic rings. The molecule has 0 N–H and O–H groups in total. The standard InChI is InChI=1S/C23H29NO2/c1-3-24-15-18-9-10-19-21(25-2)11-12-22(23(19)20(18)16-24)26-14-13-17-7-5-4-6-8-17/h4-8,11-12,18,20H,3,9-10,13-16H2,1-2H3. The maximum Gasteiger partial charge on any atom is 0.123 e. The molecule has 0 aromatic heterocycles. The van der Waals surface area contributed by atoms with Gasteiger partial charge in [0.15, 0.2) is 0 Å². The first kappa shape index (κ1) is 17.4. The Morgan fingerprint density at radius 1 is 1.04 bits per heavy atom. The molecule has 3 nitrogen and oxygen atoms in total. The fourth-order valence-corrected chi connectivity index (χ4v) is 4.70. The van der Waals surface area contributed by atoms with Crippen molar-refractivity contribution in [2.24, 2.45) is 5.92 Å². The zero-order chi connectivity index (χ0) is 17.9.